The van der Waals surface area contributed by atoms with Crippen LogP contribution in [0.5, 0.6) is 0 Å². The molecule has 146 valence electrons. The Kier molecular flexibility index (Phi) is 6.16. The Morgan fingerprint density at radius 3 is 1.90 bits per heavy atom. The molecule has 0 fully saturated rings. The third-order valence-electron chi connectivity index (χ3n) is 4.94. The van der Waals surface area contributed by atoms with Crippen molar-refractivity contribution < 1.29 is 0 Å². The summed E-state index contributed by atoms with van der Waals surface area (Å²) in [5.74, 6) is 0. The maximum absolute atomic E-state index is 9.84. The van der Waals surface area contributed by atoms with Crippen molar-refractivity contribution in [2.75, 3.05) is 4.90 Å². The van der Waals surface area contributed by atoms with E-state index in [1.165, 1.54) is 0 Å². The number of anilines is 3. The Morgan fingerprint density at radius 1 is 0.867 bits per heavy atom. The summed E-state index contributed by atoms with van der Waals surface area (Å²) in [5.41, 5.74) is 7.47. The van der Waals surface area contributed by atoms with E-state index in [2.05, 4.69) is 73.9 Å². The number of hydrogen-bond acceptors (Lipinski definition) is 3. The van der Waals surface area contributed by atoms with E-state index in [0.717, 1.165) is 28.2 Å². The van der Waals surface area contributed by atoms with Gasteiger partial charge in [0.1, 0.15) is 0 Å². The first-order chi connectivity index (χ1) is 14.5. The van der Waals surface area contributed by atoms with Crippen molar-refractivity contribution >= 4 is 22.6 Å². The van der Waals surface area contributed by atoms with E-state index in [-0.39, 0.29) is 0 Å². The van der Waals surface area contributed by atoms with Crippen molar-refractivity contribution in [3.63, 3.8) is 0 Å². The molecule has 0 amide bonds. The lowest BCUT2D eigenvalue weighted by atomic mass is 9.94. The van der Waals surface area contributed by atoms with Gasteiger partial charge in [0, 0.05) is 22.6 Å². The third kappa shape index (κ3) is 4.17. The molecule has 3 nitrogen and oxygen atoms in total. The molecule has 3 aromatic carbocycles. The van der Waals surface area contributed by atoms with Crippen LogP contribution in [0.2, 0.25) is 0 Å². The average molecular weight is 390 g/mol. The van der Waals surface area contributed by atoms with Gasteiger partial charge in [0.2, 0.25) is 0 Å². The maximum Gasteiger partial charge on any atom is 0.0998 e. The number of nitrogens with zero attached hydrogens (tertiary/aromatic N) is 3. The topological polar surface area (TPSA) is 50.8 Å². The smallest absolute Gasteiger partial charge is 0.0998 e. The molecule has 0 aliphatic heterocycles. The summed E-state index contributed by atoms with van der Waals surface area (Å²) < 4.78 is 0. The SMILES string of the molecule is C=C(C#N)/C(=C\C)c1ccc(N(c2cccc(C)c2)c2cccc(C)c2)cc1C#N. The van der Waals surface area contributed by atoms with Crippen LogP contribution in [0.25, 0.3) is 5.57 Å². The first kappa shape index (κ1) is 20.6. The second-order valence-corrected chi connectivity index (χ2v) is 7.15. The largest absolute Gasteiger partial charge is 0.310 e. The van der Waals surface area contributed by atoms with Gasteiger partial charge in [-0.15, -0.1) is 0 Å². The molecule has 0 radical (unpaired) electrons. The summed E-state index contributed by atoms with van der Waals surface area (Å²) in [6.07, 6.45) is 1.82. The van der Waals surface area contributed by atoms with Crippen molar-refractivity contribution in [3.8, 4) is 12.1 Å². The molecule has 0 saturated heterocycles. The number of allylic oxidation sites excluding steroid dienone is 3. The predicted octanol–water partition coefficient (Wildman–Crippen LogP) is 7.13. The molecule has 0 saturated carbocycles. The van der Waals surface area contributed by atoms with Crippen LogP contribution >= 0.6 is 0 Å². The summed E-state index contributed by atoms with van der Waals surface area (Å²) in [5, 5.41) is 19.1. The minimum atomic E-state index is 0.343. The van der Waals surface area contributed by atoms with Gasteiger partial charge in [-0.2, -0.15) is 10.5 Å². The standard InChI is InChI=1S/C27H23N3/c1-5-26(21(4)17-28)27-13-12-25(16-22(27)18-29)30(23-10-6-8-19(2)14-23)24-11-7-9-20(3)15-24/h5-16H,4H2,1-3H3/b26-5+. The van der Waals surface area contributed by atoms with Crippen LogP contribution < -0.4 is 4.90 Å². The van der Waals surface area contributed by atoms with Gasteiger partial charge < -0.3 is 4.90 Å². The quantitative estimate of drug-likeness (QED) is 0.344. The molecule has 0 bridgehead atoms. The fourth-order valence-electron chi connectivity index (χ4n) is 3.53. The number of hydrogen-bond donors (Lipinski definition) is 0. The Morgan fingerprint density at radius 2 is 1.43 bits per heavy atom. The molecular formula is C27H23N3. The summed E-state index contributed by atoms with van der Waals surface area (Å²) in [7, 11) is 0. The summed E-state index contributed by atoms with van der Waals surface area (Å²) in [4.78, 5) is 2.14. The van der Waals surface area contributed by atoms with Gasteiger partial charge in [-0.25, -0.2) is 0 Å². The molecule has 3 aromatic rings. The second kappa shape index (κ2) is 8.95. The highest BCUT2D eigenvalue weighted by Gasteiger charge is 2.17. The molecule has 0 unspecified atom stereocenters. The maximum atomic E-state index is 9.84. The second-order valence-electron chi connectivity index (χ2n) is 7.15. The molecule has 0 atom stereocenters. The Bertz CT molecular complexity index is 1170. The Balaban J connectivity index is 2.21. The lowest BCUT2D eigenvalue weighted by molar-refractivity contribution is 1.25. The van der Waals surface area contributed by atoms with E-state index < -0.39 is 0 Å². The van der Waals surface area contributed by atoms with Gasteiger partial charge in [0.25, 0.3) is 0 Å². The molecule has 0 aromatic heterocycles. The lowest BCUT2D eigenvalue weighted by Gasteiger charge is -2.26. The van der Waals surface area contributed by atoms with Crippen molar-refractivity contribution in [2.45, 2.75) is 20.8 Å². The first-order valence-corrected chi connectivity index (χ1v) is 9.72. The van der Waals surface area contributed by atoms with Crippen LogP contribution in [0, 0.1) is 36.5 Å². The van der Waals surface area contributed by atoms with Crippen LogP contribution in [0.1, 0.15) is 29.2 Å². The van der Waals surface area contributed by atoms with Crippen molar-refractivity contribution in [3.05, 3.63) is 107 Å². The molecule has 30 heavy (non-hydrogen) atoms. The van der Waals surface area contributed by atoms with Crippen molar-refractivity contribution in [2.24, 2.45) is 0 Å². The van der Waals surface area contributed by atoms with Gasteiger partial charge in [-0.1, -0.05) is 43.0 Å². The van der Waals surface area contributed by atoms with Gasteiger partial charge in [-0.3, -0.25) is 0 Å². The summed E-state index contributed by atoms with van der Waals surface area (Å²) in [6, 6.07) is 26.7. The van der Waals surface area contributed by atoms with Crippen LogP contribution in [0.4, 0.5) is 17.1 Å². The molecule has 0 aliphatic carbocycles. The van der Waals surface area contributed by atoms with E-state index in [0.29, 0.717) is 22.3 Å². The number of aryl methyl sites for hydroxylation is 2. The van der Waals surface area contributed by atoms with Crippen LogP contribution in [0.3, 0.4) is 0 Å². The zero-order chi connectivity index (χ0) is 21.7. The van der Waals surface area contributed by atoms with Crippen LogP contribution in [-0.4, -0.2) is 0 Å². The Labute approximate surface area is 178 Å². The number of rotatable bonds is 5. The van der Waals surface area contributed by atoms with Gasteiger partial charge in [0.05, 0.1) is 23.3 Å². The predicted molar refractivity (Wildman–Crippen MR) is 124 cm³/mol. The molecule has 3 heteroatoms. The van der Waals surface area contributed by atoms with Gasteiger partial charge in [0.15, 0.2) is 0 Å². The number of benzene rings is 3. The molecule has 0 spiro atoms. The fourth-order valence-corrected chi connectivity index (χ4v) is 3.53. The van der Waals surface area contributed by atoms with Crippen molar-refractivity contribution in [1.82, 2.24) is 0 Å². The Hall–Kier alpha value is -4.08. The van der Waals surface area contributed by atoms with E-state index in [4.69, 9.17) is 0 Å². The third-order valence-corrected chi connectivity index (χ3v) is 4.94. The highest BCUT2D eigenvalue weighted by atomic mass is 15.1. The molecule has 0 N–H and O–H groups in total. The summed E-state index contributed by atoms with van der Waals surface area (Å²) in [6.45, 7) is 9.79. The first-order valence-electron chi connectivity index (χ1n) is 9.72. The van der Waals surface area contributed by atoms with E-state index in [9.17, 15) is 10.5 Å². The number of nitriles is 2. The molecule has 0 heterocycles. The minimum Gasteiger partial charge on any atom is -0.310 e. The van der Waals surface area contributed by atoms with Gasteiger partial charge >= 0.3 is 0 Å². The molecular weight excluding hydrogens is 366 g/mol. The molecule has 0 aliphatic rings. The normalized spacial score (nSPS) is 10.8. The van der Waals surface area contributed by atoms with E-state index in [1.807, 2.05) is 43.3 Å². The highest BCUT2D eigenvalue weighted by molar-refractivity contribution is 5.87. The fraction of sp³-hybridized carbons (Fsp3) is 0.111. The minimum absolute atomic E-state index is 0.343. The monoisotopic (exact) mass is 389 g/mol. The van der Waals surface area contributed by atoms with Crippen molar-refractivity contribution in [1.29, 1.82) is 10.5 Å². The zero-order valence-electron chi connectivity index (χ0n) is 17.5. The van der Waals surface area contributed by atoms with Crippen LogP contribution in [-0.2, 0) is 0 Å². The average Bonchev–Trinajstić information content (AvgIpc) is 2.75. The molecule has 3 rings (SSSR count). The lowest BCUT2D eigenvalue weighted by Crippen LogP contribution is -2.11. The summed E-state index contributed by atoms with van der Waals surface area (Å²) >= 11 is 0. The van der Waals surface area contributed by atoms with Crippen LogP contribution in [0.15, 0.2) is 85.0 Å². The van der Waals surface area contributed by atoms with Gasteiger partial charge in [-0.05, 0) is 73.9 Å². The van der Waals surface area contributed by atoms with E-state index >= 15 is 0 Å². The zero-order valence-corrected chi connectivity index (χ0v) is 17.5. The van der Waals surface area contributed by atoms with E-state index in [1.54, 1.807) is 0 Å². The highest BCUT2D eigenvalue weighted by Crippen LogP contribution is 2.37.